The Bertz CT molecular complexity index is 299. The highest BCUT2D eigenvalue weighted by atomic mass is 15.2. The maximum Gasteiger partial charge on any atom is 0.0129 e. The van der Waals surface area contributed by atoms with Crippen molar-refractivity contribution in [1.29, 1.82) is 0 Å². The van der Waals surface area contributed by atoms with Gasteiger partial charge in [-0.1, -0.05) is 33.6 Å². The topological polar surface area (TPSA) is 3.24 Å². The zero-order chi connectivity index (χ0) is 15.0. The second-order valence-electron chi connectivity index (χ2n) is 9.62. The lowest BCUT2D eigenvalue weighted by Gasteiger charge is -2.43. The molecule has 2 fully saturated rings. The van der Waals surface area contributed by atoms with Gasteiger partial charge in [-0.25, -0.2) is 0 Å². The monoisotopic (exact) mass is 279 g/mol. The van der Waals surface area contributed by atoms with E-state index in [1.165, 1.54) is 51.5 Å². The Hall–Kier alpha value is -0.0400. The van der Waals surface area contributed by atoms with Crippen LogP contribution in [0.5, 0.6) is 0 Å². The van der Waals surface area contributed by atoms with Crippen LogP contribution in [0.3, 0.4) is 0 Å². The SMILES string of the molecule is CC(C)(C)CC1CCC(C2CCCN2C(C)(C)C)CC1. The fraction of sp³-hybridized carbons (Fsp3) is 1.00. The highest BCUT2D eigenvalue weighted by molar-refractivity contribution is 4.93. The second-order valence-corrected chi connectivity index (χ2v) is 9.62. The van der Waals surface area contributed by atoms with E-state index in [0.29, 0.717) is 11.0 Å². The first-order chi connectivity index (χ1) is 9.17. The van der Waals surface area contributed by atoms with Crippen LogP contribution in [0.15, 0.2) is 0 Å². The van der Waals surface area contributed by atoms with Crippen LogP contribution in [0.4, 0.5) is 0 Å². The summed E-state index contributed by atoms with van der Waals surface area (Å²) in [4.78, 5) is 2.81. The summed E-state index contributed by atoms with van der Waals surface area (Å²) in [6.07, 6.45) is 10.2. The van der Waals surface area contributed by atoms with Crippen LogP contribution in [0.2, 0.25) is 0 Å². The minimum absolute atomic E-state index is 0.365. The Morgan fingerprint density at radius 1 is 0.850 bits per heavy atom. The van der Waals surface area contributed by atoms with Gasteiger partial charge in [0, 0.05) is 11.6 Å². The van der Waals surface area contributed by atoms with Gasteiger partial charge in [0.15, 0.2) is 0 Å². The molecule has 0 amide bonds. The zero-order valence-electron chi connectivity index (χ0n) is 14.8. The fourth-order valence-corrected chi connectivity index (χ4v) is 4.76. The molecule has 2 aliphatic rings. The summed E-state index contributed by atoms with van der Waals surface area (Å²) in [6, 6.07) is 0.880. The Morgan fingerprint density at radius 3 is 1.95 bits per heavy atom. The van der Waals surface area contributed by atoms with Crippen molar-refractivity contribution in [3.05, 3.63) is 0 Å². The van der Waals surface area contributed by atoms with Crippen molar-refractivity contribution in [2.45, 2.75) is 98.1 Å². The summed E-state index contributed by atoms with van der Waals surface area (Å²) in [5, 5.41) is 0. The van der Waals surface area contributed by atoms with E-state index in [4.69, 9.17) is 0 Å². The van der Waals surface area contributed by atoms with Gasteiger partial charge in [-0.05, 0) is 76.7 Å². The molecular formula is C19H37N. The van der Waals surface area contributed by atoms with Crippen molar-refractivity contribution >= 4 is 0 Å². The van der Waals surface area contributed by atoms with Gasteiger partial charge < -0.3 is 0 Å². The van der Waals surface area contributed by atoms with E-state index < -0.39 is 0 Å². The average molecular weight is 280 g/mol. The molecule has 1 heterocycles. The molecule has 0 spiro atoms. The summed E-state index contributed by atoms with van der Waals surface area (Å²) < 4.78 is 0. The summed E-state index contributed by atoms with van der Waals surface area (Å²) in [7, 11) is 0. The minimum atomic E-state index is 0.365. The summed E-state index contributed by atoms with van der Waals surface area (Å²) in [6.45, 7) is 15.7. The van der Waals surface area contributed by atoms with Crippen molar-refractivity contribution in [3.63, 3.8) is 0 Å². The quantitative estimate of drug-likeness (QED) is 0.646. The van der Waals surface area contributed by atoms with Crippen molar-refractivity contribution in [1.82, 2.24) is 4.90 Å². The lowest BCUT2D eigenvalue weighted by molar-refractivity contribution is 0.0618. The van der Waals surface area contributed by atoms with Crippen molar-refractivity contribution in [2.24, 2.45) is 17.3 Å². The van der Waals surface area contributed by atoms with E-state index in [0.717, 1.165) is 17.9 Å². The Labute approximate surface area is 127 Å². The Kier molecular flexibility index (Phi) is 4.89. The number of likely N-dealkylation sites (tertiary alicyclic amines) is 1. The van der Waals surface area contributed by atoms with E-state index in [1.54, 1.807) is 0 Å². The highest BCUT2D eigenvalue weighted by Crippen LogP contribution is 2.41. The normalized spacial score (nSPS) is 33.6. The molecule has 0 bridgehead atoms. The van der Waals surface area contributed by atoms with Gasteiger partial charge >= 0.3 is 0 Å². The highest BCUT2D eigenvalue weighted by Gasteiger charge is 2.39. The van der Waals surface area contributed by atoms with E-state index >= 15 is 0 Å². The summed E-state index contributed by atoms with van der Waals surface area (Å²) in [5.74, 6) is 1.98. The predicted molar refractivity (Wildman–Crippen MR) is 89.0 cm³/mol. The Morgan fingerprint density at radius 2 is 1.45 bits per heavy atom. The molecule has 1 unspecified atom stereocenters. The number of hydrogen-bond donors (Lipinski definition) is 0. The first kappa shape index (κ1) is 16.3. The van der Waals surface area contributed by atoms with Gasteiger partial charge in [0.1, 0.15) is 0 Å². The molecule has 1 nitrogen and oxygen atoms in total. The molecule has 0 aromatic carbocycles. The van der Waals surface area contributed by atoms with E-state index in [2.05, 4.69) is 46.4 Å². The molecule has 1 heteroatoms. The molecule has 1 aliphatic heterocycles. The molecule has 1 atom stereocenters. The third-order valence-electron chi connectivity index (χ3n) is 5.50. The largest absolute Gasteiger partial charge is 0.295 e. The van der Waals surface area contributed by atoms with Gasteiger partial charge in [-0.2, -0.15) is 0 Å². The van der Waals surface area contributed by atoms with Crippen LogP contribution in [-0.2, 0) is 0 Å². The fourth-order valence-electron chi connectivity index (χ4n) is 4.76. The van der Waals surface area contributed by atoms with Gasteiger partial charge in [0.05, 0.1) is 0 Å². The molecule has 118 valence electrons. The molecule has 1 saturated heterocycles. The number of nitrogens with zero attached hydrogens (tertiary/aromatic N) is 1. The molecule has 20 heavy (non-hydrogen) atoms. The molecule has 0 N–H and O–H groups in total. The molecule has 0 aromatic heterocycles. The first-order valence-electron chi connectivity index (χ1n) is 8.93. The predicted octanol–water partition coefficient (Wildman–Crippen LogP) is 5.49. The van der Waals surface area contributed by atoms with Crippen molar-refractivity contribution in [2.75, 3.05) is 6.54 Å². The summed E-state index contributed by atoms with van der Waals surface area (Å²) in [5.41, 5.74) is 0.881. The number of rotatable bonds is 2. The second kappa shape index (κ2) is 5.99. The van der Waals surface area contributed by atoms with E-state index in [1.807, 2.05) is 0 Å². The van der Waals surface area contributed by atoms with Crippen LogP contribution < -0.4 is 0 Å². The average Bonchev–Trinajstić information content (AvgIpc) is 2.76. The van der Waals surface area contributed by atoms with Crippen LogP contribution >= 0.6 is 0 Å². The molecule has 0 radical (unpaired) electrons. The van der Waals surface area contributed by atoms with Gasteiger partial charge in [0.2, 0.25) is 0 Å². The summed E-state index contributed by atoms with van der Waals surface area (Å²) >= 11 is 0. The molecular weight excluding hydrogens is 242 g/mol. The van der Waals surface area contributed by atoms with Crippen LogP contribution in [0.1, 0.15) is 86.5 Å². The molecule has 1 aliphatic carbocycles. The lowest BCUT2D eigenvalue weighted by atomic mass is 9.72. The zero-order valence-corrected chi connectivity index (χ0v) is 14.8. The molecule has 1 saturated carbocycles. The minimum Gasteiger partial charge on any atom is -0.295 e. The third-order valence-corrected chi connectivity index (χ3v) is 5.50. The van der Waals surface area contributed by atoms with Crippen molar-refractivity contribution < 1.29 is 0 Å². The van der Waals surface area contributed by atoms with Crippen LogP contribution in [-0.4, -0.2) is 23.0 Å². The smallest absolute Gasteiger partial charge is 0.0129 e. The van der Waals surface area contributed by atoms with Crippen LogP contribution in [0.25, 0.3) is 0 Å². The lowest BCUT2D eigenvalue weighted by Crippen LogP contribution is -2.48. The maximum absolute atomic E-state index is 2.81. The van der Waals surface area contributed by atoms with Crippen LogP contribution in [0, 0.1) is 17.3 Å². The molecule has 2 rings (SSSR count). The third kappa shape index (κ3) is 4.23. The van der Waals surface area contributed by atoms with Gasteiger partial charge in [-0.3, -0.25) is 4.90 Å². The van der Waals surface area contributed by atoms with E-state index in [9.17, 15) is 0 Å². The van der Waals surface area contributed by atoms with Crippen molar-refractivity contribution in [3.8, 4) is 0 Å². The van der Waals surface area contributed by atoms with Gasteiger partial charge in [0.25, 0.3) is 0 Å². The van der Waals surface area contributed by atoms with E-state index in [-0.39, 0.29) is 0 Å². The standard InChI is InChI=1S/C19H37N/c1-18(2,3)14-15-9-11-16(12-10-15)17-8-7-13-20(17)19(4,5)6/h15-17H,7-14H2,1-6H3. The Balaban J connectivity index is 1.87. The first-order valence-corrected chi connectivity index (χ1v) is 8.93. The maximum atomic E-state index is 2.81. The van der Waals surface area contributed by atoms with Gasteiger partial charge in [-0.15, -0.1) is 0 Å². The number of hydrogen-bond acceptors (Lipinski definition) is 1. The molecule has 0 aromatic rings.